The first kappa shape index (κ1) is 14.5. The average Bonchev–Trinajstić information content (AvgIpc) is 2.35. The molecule has 0 heterocycles. The van der Waals surface area contributed by atoms with Gasteiger partial charge in [0.15, 0.2) is 0 Å². The van der Waals surface area contributed by atoms with Crippen molar-refractivity contribution in [3.05, 3.63) is 34.9 Å². The fourth-order valence-electron chi connectivity index (χ4n) is 2.11. The van der Waals surface area contributed by atoms with Crippen molar-refractivity contribution in [2.45, 2.75) is 32.1 Å². The summed E-state index contributed by atoms with van der Waals surface area (Å²) in [6, 6.07) is 7.40. The van der Waals surface area contributed by atoms with Crippen LogP contribution < -0.4 is 0 Å². The molecule has 0 amide bonds. The van der Waals surface area contributed by atoms with Crippen LogP contribution >= 0.6 is 11.6 Å². The number of rotatable bonds is 6. The molecule has 1 rings (SSSR count). The van der Waals surface area contributed by atoms with Gasteiger partial charge in [-0.3, -0.25) is 0 Å². The molecule has 96 valence electrons. The number of benzene rings is 1. The number of hydrogen-bond donors (Lipinski definition) is 2. The second-order valence-electron chi connectivity index (χ2n) is 4.82. The van der Waals surface area contributed by atoms with E-state index in [1.54, 1.807) is 6.07 Å². The van der Waals surface area contributed by atoms with E-state index >= 15 is 0 Å². The Hall–Kier alpha value is -0.570. The van der Waals surface area contributed by atoms with Gasteiger partial charge in [-0.2, -0.15) is 0 Å². The molecule has 17 heavy (non-hydrogen) atoms. The van der Waals surface area contributed by atoms with Gasteiger partial charge in [-0.1, -0.05) is 44.0 Å². The van der Waals surface area contributed by atoms with Gasteiger partial charge < -0.3 is 10.2 Å². The molecule has 0 saturated carbocycles. The third-order valence-corrected chi connectivity index (χ3v) is 3.71. The molecule has 2 N–H and O–H groups in total. The minimum Gasteiger partial charge on any atom is -0.395 e. The van der Waals surface area contributed by atoms with E-state index < -0.39 is 5.41 Å². The van der Waals surface area contributed by atoms with E-state index in [4.69, 9.17) is 11.6 Å². The van der Waals surface area contributed by atoms with E-state index in [0.29, 0.717) is 10.9 Å². The van der Waals surface area contributed by atoms with Gasteiger partial charge in [0, 0.05) is 10.4 Å². The molecule has 1 atom stereocenters. The molecule has 0 aliphatic rings. The zero-order valence-corrected chi connectivity index (χ0v) is 11.2. The summed E-state index contributed by atoms with van der Waals surface area (Å²) >= 11 is 5.97. The highest BCUT2D eigenvalue weighted by Crippen LogP contribution is 2.33. The highest BCUT2D eigenvalue weighted by atomic mass is 35.5. The molecule has 1 aromatic carbocycles. The first-order chi connectivity index (χ1) is 8.07. The monoisotopic (exact) mass is 256 g/mol. The van der Waals surface area contributed by atoms with Gasteiger partial charge in [-0.15, -0.1) is 0 Å². The molecule has 0 spiro atoms. The molecule has 0 aromatic heterocycles. The fourth-order valence-corrected chi connectivity index (χ4v) is 2.30. The normalized spacial score (nSPS) is 13.7. The average molecular weight is 257 g/mol. The van der Waals surface area contributed by atoms with Crippen LogP contribution in [-0.2, 0) is 5.41 Å². The maximum atomic E-state index is 9.66. The van der Waals surface area contributed by atoms with E-state index in [0.717, 1.165) is 18.4 Å². The van der Waals surface area contributed by atoms with Crippen molar-refractivity contribution in [2.75, 3.05) is 13.2 Å². The maximum absolute atomic E-state index is 9.66. The smallest absolute Gasteiger partial charge is 0.0550 e. The summed E-state index contributed by atoms with van der Waals surface area (Å²) < 4.78 is 0. The van der Waals surface area contributed by atoms with Crippen molar-refractivity contribution in [1.29, 1.82) is 0 Å². The minimum absolute atomic E-state index is 0.0613. The standard InChI is InChI=1S/C14H21ClO2/c1-3-11(2)8-14(9-16,10-17)12-5-4-6-13(15)7-12/h4-7,11,16-17H,3,8-10H2,1-2H3. The van der Waals surface area contributed by atoms with Crippen LogP contribution in [0.5, 0.6) is 0 Å². The Morgan fingerprint density at radius 3 is 2.41 bits per heavy atom. The van der Waals surface area contributed by atoms with Crippen molar-refractivity contribution in [1.82, 2.24) is 0 Å². The molecular weight excluding hydrogens is 236 g/mol. The van der Waals surface area contributed by atoms with Crippen molar-refractivity contribution in [2.24, 2.45) is 5.92 Å². The molecule has 0 bridgehead atoms. The molecule has 0 aliphatic carbocycles. The van der Waals surface area contributed by atoms with Crippen LogP contribution in [0, 0.1) is 5.92 Å². The highest BCUT2D eigenvalue weighted by Gasteiger charge is 2.32. The molecule has 0 fully saturated rings. The molecular formula is C14H21ClO2. The summed E-state index contributed by atoms with van der Waals surface area (Å²) in [5, 5.41) is 20.0. The SMILES string of the molecule is CCC(C)CC(CO)(CO)c1cccc(Cl)c1. The van der Waals surface area contributed by atoms with E-state index in [1.165, 1.54) is 0 Å². The lowest BCUT2D eigenvalue weighted by Gasteiger charge is -2.33. The largest absolute Gasteiger partial charge is 0.395 e. The second kappa shape index (κ2) is 6.39. The van der Waals surface area contributed by atoms with E-state index in [-0.39, 0.29) is 13.2 Å². The Bertz CT molecular complexity index is 348. The van der Waals surface area contributed by atoms with Gasteiger partial charge in [0.1, 0.15) is 0 Å². The summed E-state index contributed by atoms with van der Waals surface area (Å²) in [6.45, 7) is 4.12. The minimum atomic E-state index is -0.583. The Morgan fingerprint density at radius 2 is 1.94 bits per heavy atom. The highest BCUT2D eigenvalue weighted by molar-refractivity contribution is 6.30. The summed E-state index contributed by atoms with van der Waals surface area (Å²) in [4.78, 5) is 0. The molecule has 1 aromatic rings. The number of halogens is 1. The van der Waals surface area contributed by atoms with Crippen molar-refractivity contribution >= 4 is 11.6 Å². The second-order valence-corrected chi connectivity index (χ2v) is 5.26. The van der Waals surface area contributed by atoms with Gasteiger partial charge in [-0.05, 0) is 30.0 Å². The number of hydrogen-bond acceptors (Lipinski definition) is 2. The summed E-state index contributed by atoms with van der Waals surface area (Å²) in [7, 11) is 0. The lowest BCUT2D eigenvalue weighted by Crippen LogP contribution is -2.36. The van der Waals surface area contributed by atoms with Crippen molar-refractivity contribution in [3.63, 3.8) is 0 Å². The lowest BCUT2D eigenvalue weighted by molar-refractivity contribution is 0.0964. The van der Waals surface area contributed by atoms with Gasteiger partial charge in [0.25, 0.3) is 0 Å². The van der Waals surface area contributed by atoms with Crippen molar-refractivity contribution < 1.29 is 10.2 Å². The predicted octanol–water partition coefficient (Wildman–Crippen LogP) is 3.00. The predicted molar refractivity (Wildman–Crippen MR) is 71.4 cm³/mol. The van der Waals surface area contributed by atoms with Crippen LogP contribution in [0.15, 0.2) is 24.3 Å². The Balaban J connectivity index is 3.06. The summed E-state index contributed by atoms with van der Waals surface area (Å²) in [6.07, 6.45) is 1.79. The van der Waals surface area contributed by atoms with E-state index in [9.17, 15) is 10.2 Å². The molecule has 0 aliphatic heterocycles. The molecule has 0 radical (unpaired) electrons. The van der Waals surface area contributed by atoms with Gasteiger partial charge in [0.2, 0.25) is 0 Å². The number of aliphatic hydroxyl groups is 2. The van der Waals surface area contributed by atoms with Crippen LogP contribution in [-0.4, -0.2) is 23.4 Å². The lowest BCUT2D eigenvalue weighted by atomic mass is 9.75. The first-order valence-electron chi connectivity index (χ1n) is 6.05. The Morgan fingerprint density at radius 1 is 1.29 bits per heavy atom. The third-order valence-electron chi connectivity index (χ3n) is 3.48. The zero-order chi connectivity index (χ0) is 12.9. The molecule has 2 nitrogen and oxygen atoms in total. The number of aliphatic hydroxyl groups excluding tert-OH is 2. The van der Waals surface area contributed by atoms with Crippen LogP contribution in [0.3, 0.4) is 0 Å². The summed E-state index contributed by atoms with van der Waals surface area (Å²) in [5.74, 6) is 0.452. The van der Waals surface area contributed by atoms with Crippen LogP contribution in [0.1, 0.15) is 32.3 Å². The van der Waals surface area contributed by atoms with E-state index in [1.807, 2.05) is 18.2 Å². The quantitative estimate of drug-likeness (QED) is 0.822. The van der Waals surface area contributed by atoms with Crippen LogP contribution in [0.2, 0.25) is 5.02 Å². The van der Waals surface area contributed by atoms with Crippen molar-refractivity contribution in [3.8, 4) is 0 Å². The molecule has 1 unspecified atom stereocenters. The molecule has 3 heteroatoms. The zero-order valence-electron chi connectivity index (χ0n) is 10.5. The fraction of sp³-hybridized carbons (Fsp3) is 0.571. The van der Waals surface area contributed by atoms with Crippen LogP contribution in [0.4, 0.5) is 0 Å². The third kappa shape index (κ3) is 3.44. The van der Waals surface area contributed by atoms with E-state index in [2.05, 4.69) is 13.8 Å². The Labute approximate surface area is 108 Å². The first-order valence-corrected chi connectivity index (χ1v) is 6.43. The summed E-state index contributed by atoms with van der Waals surface area (Å²) in [5.41, 5.74) is 0.329. The maximum Gasteiger partial charge on any atom is 0.0550 e. The van der Waals surface area contributed by atoms with Gasteiger partial charge >= 0.3 is 0 Å². The van der Waals surface area contributed by atoms with Gasteiger partial charge in [-0.25, -0.2) is 0 Å². The Kier molecular flexibility index (Phi) is 5.44. The van der Waals surface area contributed by atoms with Gasteiger partial charge in [0.05, 0.1) is 13.2 Å². The van der Waals surface area contributed by atoms with Crippen LogP contribution in [0.25, 0.3) is 0 Å². The topological polar surface area (TPSA) is 40.5 Å². The molecule has 0 saturated heterocycles.